The molecule has 1 heterocycles. The van der Waals surface area contributed by atoms with Crippen molar-refractivity contribution < 1.29 is 0 Å². The van der Waals surface area contributed by atoms with Gasteiger partial charge in [-0.1, -0.05) is 13.3 Å². The molecule has 0 aromatic carbocycles. The smallest absolute Gasteiger partial charge is 0.0216 e. The van der Waals surface area contributed by atoms with Crippen LogP contribution in [0.1, 0.15) is 43.0 Å². The van der Waals surface area contributed by atoms with E-state index < -0.39 is 0 Å². The molecule has 14 heavy (non-hydrogen) atoms. The highest BCUT2D eigenvalue weighted by atomic mass is 32.1. The van der Waals surface area contributed by atoms with Gasteiger partial charge in [0.1, 0.15) is 0 Å². The van der Waals surface area contributed by atoms with E-state index in [0.717, 1.165) is 12.6 Å². The van der Waals surface area contributed by atoms with Crippen LogP contribution >= 0.6 is 11.3 Å². The Morgan fingerprint density at radius 3 is 3.07 bits per heavy atom. The van der Waals surface area contributed by atoms with Crippen molar-refractivity contribution in [3.63, 3.8) is 0 Å². The first kappa shape index (κ1) is 10.2. The highest BCUT2D eigenvalue weighted by Crippen LogP contribution is 2.21. The lowest BCUT2D eigenvalue weighted by molar-refractivity contribution is 0.688. The summed E-state index contributed by atoms with van der Waals surface area (Å²) in [5.41, 5.74) is 1.48. The van der Waals surface area contributed by atoms with Crippen molar-refractivity contribution in [2.24, 2.45) is 0 Å². The molecule has 1 fully saturated rings. The van der Waals surface area contributed by atoms with Gasteiger partial charge in [0.15, 0.2) is 0 Å². The molecule has 1 aromatic rings. The summed E-state index contributed by atoms with van der Waals surface area (Å²) in [6.45, 7) is 3.33. The minimum Gasteiger partial charge on any atom is -0.310 e. The fourth-order valence-electron chi connectivity index (χ4n) is 1.55. The lowest BCUT2D eigenvalue weighted by Crippen LogP contribution is -2.14. The molecule has 1 aromatic heterocycles. The normalized spacial score (nSPS) is 16.1. The van der Waals surface area contributed by atoms with E-state index in [4.69, 9.17) is 0 Å². The maximum absolute atomic E-state index is 3.55. The number of hydrogen-bond donors (Lipinski definition) is 1. The third-order valence-corrected chi connectivity index (χ3v) is 3.70. The lowest BCUT2D eigenvalue weighted by Gasteiger charge is -1.98. The first-order valence-corrected chi connectivity index (χ1v) is 6.56. The maximum Gasteiger partial charge on any atom is 0.0216 e. The van der Waals surface area contributed by atoms with Crippen LogP contribution in [0, 0.1) is 0 Å². The van der Waals surface area contributed by atoms with E-state index in [1.54, 1.807) is 4.88 Å². The second kappa shape index (κ2) is 4.94. The van der Waals surface area contributed by atoms with Gasteiger partial charge in [-0.05, 0) is 42.7 Å². The number of aryl methyl sites for hydroxylation is 1. The van der Waals surface area contributed by atoms with Gasteiger partial charge in [-0.25, -0.2) is 0 Å². The molecule has 1 nitrogen and oxygen atoms in total. The Labute approximate surface area is 90.5 Å². The summed E-state index contributed by atoms with van der Waals surface area (Å²) < 4.78 is 0. The Morgan fingerprint density at radius 1 is 1.50 bits per heavy atom. The molecule has 0 saturated heterocycles. The number of nitrogens with one attached hydrogen (secondary N) is 1. The molecule has 78 valence electrons. The molecule has 0 unspecified atom stereocenters. The maximum atomic E-state index is 3.55. The van der Waals surface area contributed by atoms with Gasteiger partial charge in [0.2, 0.25) is 0 Å². The van der Waals surface area contributed by atoms with Crippen molar-refractivity contribution in [2.75, 3.05) is 0 Å². The predicted octanol–water partition coefficient (Wildman–Crippen LogP) is 3.34. The van der Waals surface area contributed by atoms with Gasteiger partial charge in [-0.15, -0.1) is 11.3 Å². The van der Waals surface area contributed by atoms with Crippen molar-refractivity contribution in [1.82, 2.24) is 5.32 Å². The number of rotatable bonds is 6. The van der Waals surface area contributed by atoms with E-state index in [1.165, 1.54) is 37.7 Å². The molecule has 2 heteroatoms. The Morgan fingerprint density at radius 2 is 2.36 bits per heavy atom. The Kier molecular flexibility index (Phi) is 3.60. The number of unbranched alkanes of at least 4 members (excludes halogenated alkanes) is 1. The molecule has 0 amide bonds. The van der Waals surface area contributed by atoms with E-state index in [-0.39, 0.29) is 0 Å². The molecule has 1 aliphatic rings. The van der Waals surface area contributed by atoms with E-state index in [9.17, 15) is 0 Å². The number of hydrogen-bond acceptors (Lipinski definition) is 2. The van der Waals surface area contributed by atoms with Crippen LogP contribution in [0.4, 0.5) is 0 Å². The predicted molar refractivity (Wildman–Crippen MR) is 62.8 cm³/mol. The SMILES string of the molecule is CCCCc1cc(CNC2CC2)cs1. The minimum absolute atomic E-state index is 0.828. The molecular weight excluding hydrogens is 190 g/mol. The van der Waals surface area contributed by atoms with Gasteiger partial charge in [0, 0.05) is 17.5 Å². The molecule has 1 aliphatic carbocycles. The zero-order chi connectivity index (χ0) is 9.80. The fraction of sp³-hybridized carbons (Fsp3) is 0.667. The average molecular weight is 209 g/mol. The molecule has 2 rings (SSSR count). The lowest BCUT2D eigenvalue weighted by atomic mass is 10.2. The molecule has 0 aliphatic heterocycles. The van der Waals surface area contributed by atoms with Crippen molar-refractivity contribution in [1.29, 1.82) is 0 Å². The highest BCUT2D eigenvalue weighted by Gasteiger charge is 2.19. The molecule has 0 bridgehead atoms. The van der Waals surface area contributed by atoms with E-state index in [0.29, 0.717) is 0 Å². The first-order chi connectivity index (χ1) is 6.88. The summed E-state index contributed by atoms with van der Waals surface area (Å²) >= 11 is 1.92. The summed E-state index contributed by atoms with van der Waals surface area (Å²) in [4.78, 5) is 1.56. The Bertz CT molecular complexity index is 276. The van der Waals surface area contributed by atoms with Crippen LogP contribution in [-0.4, -0.2) is 6.04 Å². The van der Waals surface area contributed by atoms with Gasteiger partial charge in [0.25, 0.3) is 0 Å². The molecule has 1 N–H and O–H groups in total. The van der Waals surface area contributed by atoms with Gasteiger partial charge < -0.3 is 5.32 Å². The standard InChI is InChI=1S/C12H19NS/c1-2-3-4-12-7-10(9-14-12)8-13-11-5-6-11/h7,9,11,13H,2-6,8H2,1H3. The molecule has 0 radical (unpaired) electrons. The van der Waals surface area contributed by atoms with E-state index in [1.807, 2.05) is 11.3 Å². The minimum atomic E-state index is 0.828. The van der Waals surface area contributed by atoms with Crippen LogP contribution in [0.15, 0.2) is 11.4 Å². The summed E-state index contributed by atoms with van der Waals surface area (Å²) in [5, 5.41) is 5.85. The quantitative estimate of drug-likeness (QED) is 0.757. The van der Waals surface area contributed by atoms with Crippen molar-refractivity contribution >= 4 is 11.3 Å². The molecule has 1 saturated carbocycles. The molecule has 0 atom stereocenters. The molecular formula is C12H19NS. The van der Waals surface area contributed by atoms with E-state index in [2.05, 4.69) is 23.7 Å². The Hall–Kier alpha value is -0.340. The second-order valence-corrected chi connectivity index (χ2v) is 5.18. The zero-order valence-electron chi connectivity index (χ0n) is 8.88. The third-order valence-electron chi connectivity index (χ3n) is 2.66. The monoisotopic (exact) mass is 209 g/mol. The largest absolute Gasteiger partial charge is 0.310 e. The van der Waals surface area contributed by atoms with Gasteiger partial charge >= 0.3 is 0 Å². The van der Waals surface area contributed by atoms with Gasteiger partial charge in [0.05, 0.1) is 0 Å². The van der Waals surface area contributed by atoms with E-state index >= 15 is 0 Å². The average Bonchev–Trinajstić information content (AvgIpc) is 2.92. The summed E-state index contributed by atoms with van der Waals surface area (Å²) in [7, 11) is 0. The summed E-state index contributed by atoms with van der Waals surface area (Å²) in [6, 6.07) is 3.20. The first-order valence-electron chi connectivity index (χ1n) is 5.68. The van der Waals surface area contributed by atoms with Crippen molar-refractivity contribution in [2.45, 2.75) is 51.6 Å². The van der Waals surface area contributed by atoms with Crippen LogP contribution < -0.4 is 5.32 Å². The van der Waals surface area contributed by atoms with Gasteiger partial charge in [-0.2, -0.15) is 0 Å². The van der Waals surface area contributed by atoms with Gasteiger partial charge in [-0.3, -0.25) is 0 Å². The third kappa shape index (κ3) is 3.10. The second-order valence-electron chi connectivity index (χ2n) is 4.18. The summed E-state index contributed by atoms with van der Waals surface area (Å²) in [6.07, 6.45) is 6.66. The Balaban J connectivity index is 1.76. The van der Waals surface area contributed by atoms with Crippen LogP contribution in [-0.2, 0) is 13.0 Å². The zero-order valence-corrected chi connectivity index (χ0v) is 9.70. The molecule has 0 spiro atoms. The van der Waals surface area contributed by atoms with Crippen LogP contribution in [0.5, 0.6) is 0 Å². The number of thiophene rings is 1. The topological polar surface area (TPSA) is 12.0 Å². The van der Waals surface area contributed by atoms with Crippen LogP contribution in [0.2, 0.25) is 0 Å². The fourth-order valence-corrected chi connectivity index (χ4v) is 2.49. The van der Waals surface area contributed by atoms with Crippen molar-refractivity contribution in [3.8, 4) is 0 Å². The highest BCUT2D eigenvalue weighted by molar-refractivity contribution is 7.10. The van der Waals surface area contributed by atoms with Crippen LogP contribution in [0.25, 0.3) is 0 Å². The van der Waals surface area contributed by atoms with Crippen LogP contribution in [0.3, 0.4) is 0 Å². The summed E-state index contributed by atoms with van der Waals surface area (Å²) in [5.74, 6) is 0. The van der Waals surface area contributed by atoms with Crippen molar-refractivity contribution in [3.05, 3.63) is 21.9 Å².